The van der Waals surface area contributed by atoms with Crippen molar-refractivity contribution in [2.45, 2.75) is 185 Å². The van der Waals surface area contributed by atoms with Gasteiger partial charge in [0.1, 0.15) is 30.0 Å². The molecule has 3 aliphatic heterocycles. The van der Waals surface area contributed by atoms with Crippen LogP contribution < -0.4 is 5.32 Å². The van der Waals surface area contributed by atoms with Crippen LogP contribution >= 0.6 is 0 Å². The number of methoxy groups -OCH3 is 2. The van der Waals surface area contributed by atoms with Gasteiger partial charge in [-0.2, -0.15) is 0 Å². The highest BCUT2D eigenvalue weighted by Crippen LogP contribution is 2.41. The zero-order valence-corrected chi connectivity index (χ0v) is 34.2. The zero-order valence-electron chi connectivity index (χ0n) is 34.2. The van der Waals surface area contributed by atoms with E-state index < -0.39 is 96.0 Å². The first kappa shape index (κ1) is 45.4. The minimum atomic E-state index is -1.78. The lowest BCUT2D eigenvalue weighted by Crippen LogP contribution is -2.61. The Kier molecular flexibility index (Phi) is 16.0. The number of cyclic esters (lactones) is 1. The Morgan fingerprint density at radius 2 is 1.52 bits per heavy atom. The zero-order chi connectivity index (χ0) is 39.5. The summed E-state index contributed by atoms with van der Waals surface area (Å²) in [6.45, 7) is 18.6. The molecule has 0 bridgehead atoms. The Labute approximate surface area is 312 Å². The van der Waals surface area contributed by atoms with Crippen LogP contribution in [0.3, 0.4) is 0 Å². The summed E-state index contributed by atoms with van der Waals surface area (Å²) >= 11 is 0. The van der Waals surface area contributed by atoms with Crippen LogP contribution in [-0.4, -0.2) is 156 Å². The van der Waals surface area contributed by atoms with E-state index >= 15 is 0 Å². The van der Waals surface area contributed by atoms with Gasteiger partial charge in [-0.15, -0.1) is 0 Å². The molecule has 306 valence electrons. The van der Waals surface area contributed by atoms with Gasteiger partial charge in [-0.1, -0.05) is 20.8 Å². The minimum Gasteiger partial charge on any atom is -0.459 e. The molecule has 0 saturated carbocycles. The highest BCUT2D eigenvalue weighted by Gasteiger charge is 2.53. The second-order valence-corrected chi connectivity index (χ2v) is 16.8. The summed E-state index contributed by atoms with van der Waals surface area (Å²) in [6.07, 6.45) is -7.25. The molecule has 3 aliphatic rings. The number of hydrogen-bond donors (Lipinski definition) is 5. The number of nitrogens with zero attached hydrogens (tertiary/aromatic N) is 1. The maximum atomic E-state index is 14.2. The molecular weight excluding hydrogens is 676 g/mol. The van der Waals surface area contributed by atoms with Crippen molar-refractivity contribution in [1.82, 2.24) is 10.2 Å². The molecule has 0 aromatic carbocycles. The number of hydrogen-bond acceptors (Lipinski definition) is 14. The van der Waals surface area contributed by atoms with Crippen molar-refractivity contribution in [3.05, 3.63) is 0 Å². The van der Waals surface area contributed by atoms with Crippen LogP contribution in [0.15, 0.2) is 0 Å². The van der Waals surface area contributed by atoms with Gasteiger partial charge in [-0.3, -0.25) is 4.79 Å². The van der Waals surface area contributed by atoms with Crippen molar-refractivity contribution in [3.8, 4) is 0 Å². The monoisotopic (exact) mass is 749 g/mol. The largest absolute Gasteiger partial charge is 0.459 e. The maximum Gasteiger partial charge on any atom is 0.311 e. The van der Waals surface area contributed by atoms with Crippen LogP contribution in [0.25, 0.3) is 0 Å². The van der Waals surface area contributed by atoms with Crippen molar-refractivity contribution in [1.29, 1.82) is 0 Å². The molecule has 0 aromatic rings. The number of esters is 1. The lowest BCUT2D eigenvalue weighted by Gasteiger charge is -2.49. The van der Waals surface area contributed by atoms with Gasteiger partial charge >= 0.3 is 5.97 Å². The highest BCUT2D eigenvalue weighted by atomic mass is 16.7. The van der Waals surface area contributed by atoms with Gasteiger partial charge in [-0.05, 0) is 94.3 Å². The molecule has 0 spiro atoms. The standard InChI is InChI=1S/C38H72N2O12/c1-15-27-38(10,45)31(42)24(6)39-19-20(2)17-37(9,47-14)33(52-35-29(41)26(40(11)12)16-21(3)48-35)22(4)30(23(5)34(44)50-27)51-28-18-36(8,46-13)32(43)25(7)49-28/h20-33,35,39,41-43,45H,15-19H2,1-14H3/t20-,21-,22+,23-,24-,25+,26+,27-,28+,29-,30+,31-,32+,33-,35+,36-,37-,38-/m1/s1. The summed E-state index contributed by atoms with van der Waals surface area (Å²) in [5.74, 6) is -2.24. The van der Waals surface area contributed by atoms with E-state index in [4.69, 9.17) is 33.2 Å². The van der Waals surface area contributed by atoms with Crippen LogP contribution in [0.1, 0.15) is 94.9 Å². The molecule has 3 saturated heterocycles. The SMILES string of the molecule is CC[C@H]1OC(=O)[C@H](C)[C@@H](O[C@H]2C[C@@](C)(OC)[C@@H](O)[C@H](C)O2)[C@H](C)[C@@H](O[C@@H]2O[C@H](C)C[C@H](N(C)C)[C@H]2O)[C@](C)(OC)C[C@@H](C)CN[C@H](C)[C@@H](O)[C@]1(C)O. The van der Waals surface area contributed by atoms with E-state index in [0.717, 1.165) is 0 Å². The number of likely N-dealkylation sites (N-methyl/N-ethyl adjacent to an activating group) is 1. The summed E-state index contributed by atoms with van der Waals surface area (Å²) in [5.41, 5.74) is -3.79. The minimum absolute atomic E-state index is 0.0262. The number of carbonyl (C=O) groups is 1. The fraction of sp³-hybridized carbons (Fsp3) is 0.974. The van der Waals surface area contributed by atoms with Crippen molar-refractivity contribution in [2.24, 2.45) is 17.8 Å². The molecule has 14 nitrogen and oxygen atoms in total. The lowest BCUT2D eigenvalue weighted by molar-refractivity contribution is -0.319. The normalized spacial score (nSPS) is 49.2. The smallest absolute Gasteiger partial charge is 0.311 e. The Morgan fingerprint density at radius 1 is 0.904 bits per heavy atom. The van der Waals surface area contributed by atoms with E-state index in [-0.39, 0.29) is 30.9 Å². The van der Waals surface area contributed by atoms with Crippen molar-refractivity contribution >= 4 is 5.97 Å². The van der Waals surface area contributed by atoms with Crippen molar-refractivity contribution < 1.29 is 58.4 Å². The molecule has 3 fully saturated rings. The Bertz CT molecular complexity index is 1130. The van der Waals surface area contributed by atoms with Crippen molar-refractivity contribution in [3.63, 3.8) is 0 Å². The number of aliphatic hydroxyl groups is 4. The van der Waals surface area contributed by atoms with E-state index in [1.807, 2.05) is 39.8 Å². The number of nitrogens with one attached hydrogen (secondary N) is 1. The van der Waals surface area contributed by atoms with E-state index in [2.05, 4.69) is 12.2 Å². The lowest BCUT2D eigenvalue weighted by atomic mass is 9.77. The van der Waals surface area contributed by atoms with Gasteiger partial charge in [0.2, 0.25) is 0 Å². The van der Waals surface area contributed by atoms with Crippen molar-refractivity contribution in [2.75, 3.05) is 34.9 Å². The van der Waals surface area contributed by atoms with Gasteiger partial charge in [0.05, 0.1) is 41.5 Å². The van der Waals surface area contributed by atoms with Gasteiger partial charge in [0, 0.05) is 38.6 Å². The Balaban J connectivity index is 2.19. The molecule has 18 atom stereocenters. The summed E-state index contributed by atoms with van der Waals surface area (Å²) < 4.78 is 44.3. The Morgan fingerprint density at radius 3 is 2.08 bits per heavy atom. The fourth-order valence-electron chi connectivity index (χ4n) is 8.53. The molecule has 3 heterocycles. The highest BCUT2D eigenvalue weighted by molar-refractivity contribution is 5.73. The first-order valence-electron chi connectivity index (χ1n) is 19.2. The molecule has 0 unspecified atom stereocenters. The summed E-state index contributed by atoms with van der Waals surface area (Å²) in [6, 6.07) is -0.777. The molecule has 0 aromatic heterocycles. The molecule has 0 radical (unpaired) electrons. The molecule has 52 heavy (non-hydrogen) atoms. The number of carbonyl (C=O) groups excluding carboxylic acids is 1. The predicted molar refractivity (Wildman–Crippen MR) is 194 cm³/mol. The van der Waals surface area contributed by atoms with E-state index in [9.17, 15) is 25.2 Å². The summed E-state index contributed by atoms with van der Waals surface area (Å²) in [4.78, 5) is 16.2. The van der Waals surface area contributed by atoms with Crippen LogP contribution in [0.5, 0.6) is 0 Å². The average Bonchev–Trinajstić information content (AvgIpc) is 3.08. The van der Waals surface area contributed by atoms with Gasteiger partial charge in [0.25, 0.3) is 0 Å². The van der Waals surface area contributed by atoms with E-state index in [0.29, 0.717) is 19.4 Å². The quantitative estimate of drug-likeness (QED) is 0.228. The number of ether oxygens (including phenoxy) is 7. The third kappa shape index (κ3) is 10.0. The van der Waals surface area contributed by atoms with E-state index in [1.54, 1.807) is 41.7 Å². The molecule has 5 N–H and O–H groups in total. The molecule has 14 heteroatoms. The molecule has 0 amide bonds. The predicted octanol–water partition coefficient (Wildman–Crippen LogP) is 2.21. The number of aliphatic hydroxyl groups excluding tert-OH is 3. The third-order valence-electron chi connectivity index (χ3n) is 12.2. The molecule has 0 aliphatic carbocycles. The van der Waals surface area contributed by atoms with Crippen LogP contribution in [0, 0.1) is 17.8 Å². The fourth-order valence-corrected chi connectivity index (χ4v) is 8.53. The van der Waals surface area contributed by atoms with Crippen LogP contribution in [0.4, 0.5) is 0 Å². The second-order valence-electron chi connectivity index (χ2n) is 16.8. The van der Waals surface area contributed by atoms with E-state index in [1.165, 1.54) is 14.0 Å². The van der Waals surface area contributed by atoms with Gasteiger partial charge < -0.3 is 63.8 Å². The third-order valence-corrected chi connectivity index (χ3v) is 12.2. The van der Waals surface area contributed by atoms with Gasteiger partial charge in [0.15, 0.2) is 12.6 Å². The average molecular weight is 749 g/mol. The van der Waals surface area contributed by atoms with Gasteiger partial charge in [-0.25, -0.2) is 0 Å². The molecular formula is C38H72N2O12. The van der Waals surface area contributed by atoms with Crippen LogP contribution in [0.2, 0.25) is 0 Å². The molecule has 3 rings (SSSR count). The first-order valence-corrected chi connectivity index (χ1v) is 19.2. The topological polar surface area (TPSA) is 178 Å². The summed E-state index contributed by atoms with van der Waals surface area (Å²) in [7, 11) is 6.96. The maximum absolute atomic E-state index is 14.2. The first-order chi connectivity index (χ1) is 24.1. The summed E-state index contributed by atoms with van der Waals surface area (Å²) in [5, 5.41) is 48.9. The van der Waals surface area contributed by atoms with Crippen LogP contribution in [-0.2, 0) is 38.0 Å². The Hall–Kier alpha value is -1.01. The number of rotatable bonds is 8. The second kappa shape index (κ2) is 18.3.